The molecule has 5 nitrogen and oxygen atoms in total. The maximum atomic E-state index is 12.7. The van der Waals surface area contributed by atoms with Crippen molar-refractivity contribution in [3.05, 3.63) is 58.4 Å². The van der Waals surface area contributed by atoms with Crippen molar-refractivity contribution in [2.24, 2.45) is 5.92 Å². The summed E-state index contributed by atoms with van der Waals surface area (Å²) in [5.74, 6) is 0.437. The molecule has 1 aliphatic rings. The number of fused-ring (bicyclic) bond motifs is 1. The summed E-state index contributed by atoms with van der Waals surface area (Å²) in [5, 5.41) is 7.89. The Hall–Kier alpha value is -2.60. The van der Waals surface area contributed by atoms with Gasteiger partial charge in [0.2, 0.25) is 5.91 Å². The van der Waals surface area contributed by atoms with Gasteiger partial charge in [-0.2, -0.15) is 11.3 Å². The van der Waals surface area contributed by atoms with Gasteiger partial charge in [-0.3, -0.25) is 9.59 Å². The molecule has 0 bridgehead atoms. The molecular weight excluding hydrogens is 334 g/mol. The molecule has 3 heterocycles. The number of likely N-dealkylation sites (tertiary alicyclic amines) is 1. The van der Waals surface area contributed by atoms with Gasteiger partial charge in [0.25, 0.3) is 5.91 Å². The summed E-state index contributed by atoms with van der Waals surface area (Å²) >= 11 is 1.60. The van der Waals surface area contributed by atoms with E-state index in [0.717, 1.165) is 22.0 Å². The van der Waals surface area contributed by atoms with E-state index in [0.29, 0.717) is 32.0 Å². The van der Waals surface area contributed by atoms with Crippen LogP contribution in [0.25, 0.3) is 10.9 Å². The van der Waals surface area contributed by atoms with E-state index in [1.54, 1.807) is 11.3 Å². The first-order valence-corrected chi connectivity index (χ1v) is 9.28. The highest BCUT2D eigenvalue weighted by Crippen LogP contribution is 2.23. The molecule has 0 aliphatic carbocycles. The van der Waals surface area contributed by atoms with Crippen LogP contribution >= 0.6 is 11.3 Å². The average Bonchev–Trinajstić information content (AvgIpc) is 3.23. The molecule has 0 saturated carbocycles. The molecule has 25 heavy (non-hydrogen) atoms. The number of rotatable bonds is 5. The fourth-order valence-electron chi connectivity index (χ4n) is 3.21. The highest BCUT2D eigenvalue weighted by atomic mass is 32.1. The summed E-state index contributed by atoms with van der Waals surface area (Å²) in [5.41, 5.74) is 2.76. The van der Waals surface area contributed by atoms with Crippen molar-refractivity contribution >= 4 is 34.1 Å². The molecule has 2 amide bonds. The smallest absolute Gasteiger partial charge is 0.254 e. The van der Waals surface area contributed by atoms with E-state index in [1.807, 2.05) is 52.2 Å². The molecule has 2 N–H and O–H groups in total. The third kappa shape index (κ3) is 3.30. The van der Waals surface area contributed by atoms with Crippen LogP contribution in [-0.4, -0.2) is 41.3 Å². The van der Waals surface area contributed by atoms with Crippen LogP contribution in [0.15, 0.2) is 47.3 Å². The van der Waals surface area contributed by atoms with Crippen molar-refractivity contribution in [3.63, 3.8) is 0 Å². The Kier molecular flexibility index (Phi) is 4.28. The molecular formula is C19H19N3O2S. The number of thiophene rings is 1. The maximum absolute atomic E-state index is 12.7. The maximum Gasteiger partial charge on any atom is 0.254 e. The van der Waals surface area contributed by atoms with Crippen molar-refractivity contribution in [1.29, 1.82) is 0 Å². The molecule has 1 saturated heterocycles. The lowest BCUT2D eigenvalue weighted by atomic mass is 9.98. The first-order valence-electron chi connectivity index (χ1n) is 8.34. The van der Waals surface area contributed by atoms with Crippen molar-refractivity contribution in [2.45, 2.75) is 6.42 Å². The molecule has 1 aromatic carbocycles. The van der Waals surface area contributed by atoms with Crippen LogP contribution in [0, 0.1) is 5.92 Å². The van der Waals surface area contributed by atoms with Crippen LogP contribution in [0.3, 0.4) is 0 Å². The third-order valence-electron chi connectivity index (χ3n) is 4.60. The van der Waals surface area contributed by atoms with Crippen LogP contribution in [0.1, 0.15) is 15.9 Å². The lowest BCUT2D eigenvalue weighted by Crippen LogP contribution is -2.53. The topological polar surface area (TPSA) is 65.2 Å². The molecule has 0 radical (unpaired) electrons. The Morgan fingerprint density at radius 2 is 2.12 bits per heavy atom. The van der Waals surface area contributed by atoms with Crippen molar-refractivity contribution in [1.82, 2.24) is 15.2 Å². The standard InChI is InChI=1S/C19H19N3O2S/c23-18(8-13-5-7-25-12-13)21-9-14-10-22(11-14)19(24)16-2-1-3-17-15(16)4-6-20-17/h1-7,12,14,20H,8-11H2,(H,21,23). The molecule has 6 heteroatoms. The number of hydrogen-bond acceptors (Lipinski definition) is 3. The second-order valence-corrected chi connectivity index (χ2v) is 7.21. The highest BCUT2D eigenvalue weighted by molar-refractivity contribution is 7.08. The third-order valence-corrected chi connectivity index (χ3v) is 5.33. The van der Waals surface area contributed by atoms with E-state index in [2.05, 4.69) is 10.3 Å². The Bertz CT molecular complexity index is 894. The summed E-state index contributed by atoms with van der Waals surface area (Å²) in [4.78, 5) is 29.6. The number of hydrogen-bond donors (Lipinski definition) is 2. The zero-order valence-corrected chi connectivity index (χ0v) is 14.5. The minimum absolute atomic E-state index is 0.0419. The van der Waals surface area contributed by atoms with Gasteiger partial charge < -0.3 is 15.2 Å². The van der Waals surface area contributed by atoms with Gasteiger partial charge in [-0.25, -0.2) is 0 Å². The number of benzene rings is 1. The molecule has 3 aromatic rings. The van der Waals surface area contributed by atoms with E-state index < -0.39 is 0 Å². The second-order valence-electron chi connectivity index (χ2n) is 6.43. The Labute approximate surface area is 149 Å². The SMILES string of the molecule is O=C(Cc1ccsc1)NCC1CN(C(=O)c2cccc3[nH]ccc23)C1. The van der Waals surface area contributed by atoms with Crippen molar-refractivity contribution in [3.8, 4) is 0 Å². The number of nitrogens with zero attached hydrogens (tertiary/aromatic N) is 1. The predicted octanol–water partition coefficient (Wildman–Crippen LogP) is 2.66. The minimum Gasteiger partial charge on any atom is -0.361 e. The Balaban J connectivity index is 1.28. The van der Waals surface area contributed by atoms with E-state index >= 15 is 0 Å². The zero-order valence-electron chi connectivity index (χ0n) is 13.7. The summed E-state index contributed by atoms with van der Waals surface area (Å²) < 4.78 is 0. The van der Waals surface area contributed by atoms with Gasteiger partial charge in [0.05, 0.1) is 6.42 Å². The summed E-state index contributed by atoms with van der Waals surface area (Å²) in [6, 6.07) is 9.64. The lowest BCUT2D eigenvalue weighted by Gasteiger charge is -2.39. The predicted molar refractivity (Wildman–Crippen MR) is 98.7 cm³/mol. The van der Waals surface area contributed by atoms with Gasteiger partial charge in [-0.15, -0.1) is 0 Å². The van der Waals surface area contributed by atoms with Crippen molar-refractivity contribution < 1.29 is 9.59 Å². The molecule has 0 atom stereocenters. The molecule has 2 aromatic heterocycles. The van der Waals surface area contributed by atoms with Crippen LogP contribution in [-0.2, 0) is 11.2 Å². The lowest BCUT2D eigenvalue weighted by molar-refractivity contribution is -0.120. The number of H-pyrrole nitrogens is 1. The number of aromatic amines is 1. The molecule has 1 fully saturated rings. The Morgan fingerprint density at radius 1 is 1.24 bits per heavy atom. The first kappa shape index (κ1) is 15.9. The van der Waals surface area contributed by atoms with Crippen LogP contribution in [0.4, 0.5) is 0 Å². The zero-order chi connectivity index (χ0) is 17.2. The van der Waals surface area contributed by atoms with Gasteiger partial charge in [-0.1, -0.05) is 6.07 Å². The Morgan fingerprint density at radius 3 is 2.92 bits per heavy atom. The van der Waals surface area contributed by atoms with E-state index in [4.69, 9.17) is 0 Å². The fourth-order valence-corrected chi connectivity index (χ4v) is 3.87. The van der Waals surface area contributed by atoms with E-state index in [9.17, 15) is 9.59 Å². The fraction of sp³-hybridized carbons (Fsp3) is 0.263. The van der Waals surface area contributed by atoms with Crippen LogP contribution < -0.4 is 5.32 Å². The number of amides is 2. The number of nitrogens with one attached hydrogen (secondary N) is 2. The monoisotopic (exact) mass is 353 g/mol. The van der Waals surface area contributed by atoms with Gasteiger partial charge in [0.15, 0.2) is 0 Å². The van der Waals surface area contributed by atoms with Crippen LogP contribution in [0.5, 0.6) is 0 Å². The van der Waals surface area contributed by atoms with Gasteiger partial charge in [0, 0.05) is 48.2 Å². The number of carbonyl (C=O) groups excluding carboxylic acids is 2. The number of carbonyl (C=O) groups is 2. The normalized spacial score (nSPS) is 14.5. The molecule has 128 valence electrons. The first-order chi connectivity index (χ1) is 12.2. The van der Waals surface area contributed by atoms with Gasteiger partial charge >= 0.3 is 0 Å². The van der Waals surface area contributed by atoms with Crippen molar-refractivity contribution in [2.75, 3.05) is 19.6 Å². The molecule has 0 unspecified atom stereocenters. The largest absolute Gasteiger partial charge is 0.361 e. The second kappa shape index (κ2) is 6.72. The van der Waals surface area contributed by atoms with Gasteiger partial charge in [-0.05, 0) is 40.6 Å². The minimum atomic E-state index is 0.0419. The van der Waals surface area contributed by atoms with Gasteiger partial charge in [0.1, 0.15) is 0 Å². The van der Waals surface area contributed by atoms with E-state index in [1.165, 1.54) is 0 Å². The highest BCUT2D eigenvalue weighted by Gasteiger charge is 2.31. The molecule has 1 aliphatic heterocycles. The summed E-state index contributed by atoms with van der Waals surface area (Å²) in [6.07, 6.45) is 2.28. The summed E-state index contributed by atoms with van der Waals surface area (Å²) in [6.45, 7) is 2.01. The number of aromatic nitrogens is 1. The summed E-state index contributed by atoms with van der Waals surface area (Å²) in [7, 11) is 0. The molecule has 0 spiro atoms. The van der Waals surface area contributed by atoms with Crippen LogP contribution in [0.2, 0.25) is 0 Å². The van der Waals surface area contributed by atoms with E-state index in [-0.39, 0.29) is 11.8 Å². The average molecular weight is 353 g/mol. The quantitative estimate of drug-likeness (QED) is 0.741. The molecule has 4 rings (SSSR count).